The molecule has 3 rings (SSSR count). The summed E-state index contributed by atoms with van der Waals surface area (Å²) in [4.78, 5) is 8.86. The first-order valence-electron chi connectivity index (χ1n) is 7.01. The van der Waals surface area contributed by atoms with Crippen LogP contribution in [0.15, 0.2) is 42.2 Å². The zero-order valence-corrected chi connectivity index (χ0v) is 13.3. The second kappa shape index (κ2) is 5.74. The second-order valence-corrected chi connectivity index (χ2v) is 6.29. The van der Waals surface area contributed by atoms with E-state index in [1.807, 2.05) is 24.6 Å². The molecule has 1 atom stereocenters. The topological polar surface area (TPSA) is 40.7 Å². The molecule has 4 heteroatoms. The van der Waals surface area contributed by atoms with Crippen molar-refractivity contribution in [2.75, 3.05) is 12.4 Å². The fraction of sp³-hybridized carbons (Fsp3) is 0.235. The molecule has 0 bridgehead atoms. The number of hydrogen-bond acceptors (Lipinski definition) is 3. The highest BCUT2D eigenvalue weighted by molar-refractivity contribution is 7.10. The molecule has 0 saturated carbocycles. The second-order valence-electron chi connectivity index (χ2n) is 5.20. The van der Waals surface area contributed by atoms with E-state index >= 15 is 0 Å². The molecule has 1 unspecified atom stereocenters. The number of imidazole rings is 1. The lowest BCUT2D eigenvalue weighted by molar-refractivity contribution is 0.920. The number of aromatic amines is 1. The third kappa shape index (κ3) is 2.59. The Hall–Kier alpha value is -2.07. The molecule has 0 aliphatic heterocycles. The Morgan fingerprint density at radius 1 is 1.29 bits per heavy atom. The van der Waals surface area contributed by atoms with E-state index in [4.69, 9.17) is 0 Å². The lowest BCUT2D eigenvalue weighted by atomic mass is 9.87. The zero-order valence-electron chi connectivity index (χ0n) is 12.5. The van der Waals surface area contributed by atoms with Gasteiger partial charge in [-0.05, 0) is 48.1 Å². The molecule has 2 N–H and O–H groups in total. The van der Waals surface area contributed by atoms with E-state index in [0.29, 0.717) is 0 Å². The molecule has 108 valence electrons. The minimum atomic E-state index is 0.201. The number of nitrogens with zero attached hydrogens (tertiary/aromatic N) is 1. The Balaban J connectivity index is 2.17. The van der Waals surface area contributed by atoms with Crippen LogP contribution in [-0.2, 0) is 0 Å². The minimum Gasteiger partial charge on any atom is -0.388 e. The van der Waals surface area contributed by atoms with Crippen LogP contribution in [0.5, 0.6) is 0 Å². The molecule has 0 saturated heterocycles. The van der Waals surface area contributed by atoms with Gasteiger partial charge in [0.1, 0.15) is 0 Å². The van der Waals surface area contributed by atoms with E-state index in [9.17, 15) is 0 Å². The van der Waals surface area contributed by atoms with Crippen molar-refractivity contribution in [1.82, 2.24) is 9.97 Å². The fourth-order valence-electron chi connectivity index (χ4n) is 2.81. The van der Waals surface area contributed by atoms with Crippen molar-refractivity contribution < 1.29 is 0 Å². The summed E-state index contributed by atoms with van der Waals surface area (Å²) in [6.07, 6.45) is 3.68. The number of benzene rings is 1. The van der Waals surface area contributed by atoms with E-state index in [1.54, 1.807) is 6.33 Å². The van der Waals surface area contributed by atoms with Gasteiger partial charge in [-0.2, -0.15) is 0 Å². The average Bonchev–Trinajstić information content (AvgIpc) is 3.13. The summed E-state index contributed by atoms with van der Waals surface area (Å²) >= 11 is 1.81. The maximum atomic E-state index is 4.21. The number of aromatic nitrogens is 2. The number of rotatable bonds is 4. The van der Waals surface area contributed by atoms with Crippen molar-refractivity contribution in [3.8, 4) is 0 Å². The van der Waals surface area contributed by atoms with Crippen LogP contribution in [0.2, 0.25) is 0 Å². The molecule has 1 aromatic carbocycles. The van der Waals surface area contributed by atoms with Crippen LogP contribution in [0.3, 0.4) is 0 Å². The summed E-state index contributed by atoms with van der Waals surface area (Å²) in [6, 6.07) is 8.58. The predicted molar refractivity (Wildman–Crippen MR) is 89.3 cm³/mol. The van der Waals surface area contributed by atoms with Crippen LogP contribution in [0, 0.1) is 13.8 Å². The predicted octanol–water partition coefficient (Wildman–Crippen LogP) is 4.31. The monoisotopic (exact) mass is 297 g/mol. The van der Waals surface area contributed by atoms with Gasteiger partial charge in [-0.1, -0.05) is 12.1 Å². The van der Waals surface area contributed by atoms with Gasteiger partial charge < -0.3 is 10.3 Å². The van der Waals surface area contributed by atoms with Crippen LogP contribution in [-0.4, -0.2) is 17.0 Å². The van der Waals surface area contributed by atoms with Gasteiger partial charge >= 0.3 is 0 Å². The first-order valence-corrected chi connectivity index (χ1v) is 7.89. The Morgan fingerprint density at radius 3 is 2.76 bits per heavy atom. The van der Waals surface area contributed by atoms with Crippen LogP contribution in [0.4, 0.5) is 5.69 Å². The molecule has 21 heavy (non-hydrogen) atoms. The van der Waals surface area contributed by atoms with E-state index < -0.39 is 0 Å². The summed E-state index contributed by atoms with van der Waals surface area (Å²) < 4.78 is 0. The molecular weight excluding hydrogens is 278 g/mol. The molecule has 0 amide bonds. The van der Waals surface area contributed by atoms with Gasteiger partial charge in [0.2, 0.25) is 0 Å². The third-order valence-corrected chi connectivity index (χ3v) is 4.89. The van der Waals surface area contributed by atoms with Crippen LogP contribution >= 0.6 is 11.3 Å². The maximum Gasteiger partial charge on any atom is 0.0922 e. The molecule has 2 aromatic heterocycles. The van der Waals surface area contributed by atoms with Crippen molar-refractivity contribution in [2.24, 2.45) is 0 Å². The smallest absolute Gasteiger partial charge is 0.0922 e. The van der Waals surface area contributed by atoms with Gasteiger partial charge in [0.15, 0.2) is 0 Å². The van der Waals surface area contributed by atoms with Gasteiger partial charge in [0, 0.05) is 29.5 Å². The van der Waals surface area contributed by atoms with Gasteiger partial charge in [0.25, 0.3) is 0 Å². The van der Waals surface area contributed by atoms with Crippen molar-refractivity contribution in [2.45, 2.75) is 19.8 Å². The summed E-state index contributed by atoms with van der Waals surface area (Å²) in [7, 11) is 1.95. The lowest BCUT2D eigenvalue weighted by Crippen LogP contribution is -2.06. The van der Waals surface area contributed by atoms with Crippen LogP contribution < -0.4 is 5.32 Å². The molecule has 2 heterocycles. The molecular formula is C17H19N3S. The quantitative estimate of drug-likeness (QED) is 0.753. The Kier molecular flexibility index (Phi) is 3.80. The lowest BCUT2D eigenvalue weighted by Gasteiger charge is -2.18. The van der Waals surface area contributed by atoms with Crippen molar-refractivity contribution in [3.05, 3.63) is 69.4 Å². The number of H-pyrrole nitrogens is 1. The highest BCUT2D eigenvalue weighted by atomic mass is 32.1. The maximum absolute atomic E-state index is 4.21. The number of aryl methyl sites for hydroxylation is 2. The Labute approximate surface area is 129 Å². The SMILES string of the molecule is CNc1cccc(C(c2cnc[nH]2)c2c(C)csc2C)c1. The molecule has 0 aliphatic rings. The van der Waals surface area contributed by atoms with Crippen LogP contribution in [0.25, 0.3) is 0 Å². The highest BCUT2D eigenvalue weighted by Gasteiger charge is 2.23. The summed E-state index contributed by atoms with van der Waals surface area (Å²) in [5, 5.41) is 5.45. The number of hydrogen-bond donors (Lipinski definition) is 2. The molecule has 3 aromatic rings. The van der Waals surface area contributed by atoms with E-state index in [2.05, 4.69) is 58.8 Å². The first kappa shape index (κ1) is 13.9. The number of thiophene rings is 1. The van der Waals surface area contributed by atoms with E-state index in [0.717, 1.165) is 11.4 Å². The van der Waals surface area contributed by atoms with Gasteiger partial charge in [-0.15, -0.1) is 11.3 Å². The fourth-order valence-corrected chi connectivity index (χ4v) is 3.70. The molecule has 0 spiro atoms. The zero-order chi connectivity index (χ0) is 14.8. The molecule has 0 aliphatic carbocycles. The summed E-state index contributed by atoms with van der Waals surface area (Å²) in [5.74, 6) is 0.201. The van der Waals surface area contributed by atoms with Crippen molar-refractivity contribution in [3.63, 3.8) is 0 Å². The minimum absolute atomic E-state index is 0.201. The summed E-state index contributed by atoms with van der Waals surface area (Å²) in [5.41, 5.74) is 6.26. The number of anilines is 1. The molecule has 0 fully saturated rings. The van der Waals surface area contributed by atoms with Gasteiger partial charge in [0.05, 0.1) is 12.2 Å². The van der Waals surface area contributed by atoms with Crippen molar-refractivity contribution in [1.29, 1.82) is 0 Å². The summed E-state index contributed by atoms with van der Waals surface area (Å²) in [6.45, 7) is 4.38. The largest absolute Gasteiger partial charge is 0.388 e. The highest BCUT2D eigenvalue weighted by Crippen LogP contribution is 2.37. The third-order valence-electron chi connectivity index (χ3n) is 3.84. The van der Waals surface area contributed by atoms with E-state index in [1.165, 1.54) is 21.6 Å². The van der Waals surface area contributed by atoms with Crippen LogP contribution in [0.1, 0.15) is 33.2 Å². The first-order chi connectivity index (χ1) is 10.2. The Morgan fingerprint density at radius 2 is 2.14 bits per heavy atom. The van der Waals surface area contributed by atoms with E-state index in [-0.39, 0.29) is 5.92 Å². The van der Waals surface area contributed by atoms with Gasteiger partial charge in [-0.25, -0.2) is 4.98 Å². The molecule has 3 nitrogen and oxygen atoms in total. The Bertz CT molecular complexity index is 709. The van der Waals surface area contributed by atoms with Gasteiger partial charge in [-0.3, -0.25) is 0 Å². The average molecular weight is 297 g/mol. The number of nitrogens with one attached hydrogen (secondary N) is 2. The molecule has 0 radical (unpaired) electrons. The normalized spacial score (nSPS) is 12.3. The van der Waals surface area contributed by atoms with Crippen molar-refractivity contribution >= 4 is 17.0 Å². The standard InChI is InChI=1S/C17H19N3S/c1-11-9-21-12(2)16(11)17(15-8-19-10-20-15)13-5-4-6-14(7-13)18-3/h4-10,17-18H,1-3H3,(H,19,20).